The number of hydrogen-bond acceptors (Lipinski definition) is 0. The fraction of sp³-hybridized carbons (Fsp3) is 0.920. The van der Waals surface area contributed by atoms with E-state index in [0.29, 0.717) is 0 Å². The van der Waals surface area contributed by atoms with Crippen LogP contribution in [0.5, 0.6) is 0 Å². The van der Waals surface area contributed by atoms with Gasteiger partial charge in [0.05, 0.1) is 0 Å². The Kier molecular flexibility index (Phi) is 4.63. The Morgan fingerprint density at radius 3 is 2.54 bits per heavy atom. The monoisotopic (exact) mass is 372 g/mol. The molecule has 5 aliphatic carbocycles. The SMILES string of the molecule is CCCCP(C1C2=CC(C)CC(C)CC1C2)C12CC(C)CC3CC(C1)C32. The predicted octanol–water partition coefficient (Wildman–Crippen LogP) is 7.47. The van der Waals surface area contributed by atoms with Crippen LogP contribution in [0.25, 0.3) is 0 Å². The number of rotatable bonds is 5. The summed E-state index contributed by atoms with van der Waals surface area (Å²) in [7, 11) is 0.215. The Bertz CT molecular complexity index is 579. The van der Waals surface area contributed by atoms with Crippen LogP contribution in [0.3, 0.4) is 0 Å². The molecule has 0 aliphatic heterocycles. The van der Waals surface area contributed by atoms with Crippen molar-refractivity contribution in [3.8, 4) is 0 Å². The number of unbranched alkanes of at least 4 members (excludes halogenated alkanes) is 1. The molecule has 0 nitrogen and oxygen atoms in total. The summed E-state index contributed by atoms with van der Waals surface area (Å²) in [6.07, 6.45) is 18.2. The molecule has 4 saturated carbocycles. The van der Waals surface area contributed by atoms with Crippen molar-refractivity contribution < 1.29 is 0 Å². The van der Waals surface area contributed by atoms with Crippen LogP contribution in [-0.4, -0.2) is 17.0 Å². The first kappa shape index (κ1) is 18.2. The molecule has 0 aromatic heterocycles. The highest BCUT2D eigenvalue weighted by Crippen LogP contribution is 2.81. The van der Waals surface area contributed by atoms with Gasteiger partial charge in [0.25, 0.3) is 0 Å². The maximum absolute atomic E-state index is 2.77. The van der Waals surface area contributed by atoms with E-state index in [9.17, 15) is 0 Å². The Morgan fingerprint density at radius 1 is 0.962 bits per heavy atom. The van der Waals surface area contributed by atoms with E-state index in [1.54, 1.807) is 38.3 Å². The molecule has 0 aromatic carbocycles. The van der Waals surface area contributed by atoms with Crippen molar-refractivity contribution in [3.05, 3.63) is 11.6 Å². The van der Waals surface area contributed by atoms with Crippen molar-refractivity contribution in [2.75, 3.05) is 6.16 Å². The second-order valence-electron chi connectivity index (χ2n) is 11.4. The van der Waals surface area contributed by atoms with E-state index in [0.717, 1.165) is 46.3 Å². The maximum atomic E-state index is 2.77. The Morgan fingerprint density at radius 2 is 1.77 bits per heavy atom. The van der Waals surface area contributed by atoms with Crippen molar-refractivity contribution in [2.24, 2.45) is 41.4 Å². The normalized spacial score (nSPS) is 53.0. The van der Waals surface area contributed by atoms with Crippen LogP contribution in [0, 0.1) is 41.4 Å². The zero-order valence-electron chi connectivity index (χ0n) is 17.7. The van der Waals surface area contributed by atoms with Crippen LogP contribution in [-0.2, 0) is 0 Å². The molecular weight excluding hydrogens is 331 g/mol. The quantitative estimate of drug-likeness (QED) is 0.347. The van der Waals surface area contributed by atoms with Gasteiger partial charge in [-0.15, -0.1) is 0 Å². The van der Waals surface area contributed by atoms with Crippen LogP contribution in [0.15, 0.2) is 11.6 Å². The fourth-order valence-electron chi connectivity index (χ4n) is 8.64. The van der Waals surface area contributed by atoms with E-state index in [4.69, 9.17) is 0 Å². The average molecular weight is 373 g/mol. The average Bonchev–Trinajstić information content (AvgIpc) is 2.51. The lowest BCUT2D eigenvalue weighted by Gasteiger charge is -2.74. The van der Waals surface area contributed by atoms with E-state index in [2.05, 4.69) is 33.8 Å². The number of hydrogen-bond donors (Lipinski definition) is 0. The second kappa shape index (κ2) is 6.61. The highest BCUT2D eigenvalue weighted by atomic mass is 31.1. The molecule has 4 fully saturated rings. The Balaban J connectivity index is 1.47. The van der Waals surface area contributed by atoms with Crippen LogP contribution < -0.4 is 0 Å². The molecule has 0 aromatic rings. The first-order valence-electron chi connectivity index (χ1n) is 12.0. The van der Waals surface area contributed by atoms with Crippen LogP contribution in [0.1, 0.15) is 85.5 Å². The highest BCUT2D eigenvalue weighted by Gasteiger charge is 2.69. The summed E-state index contributed by atoms with van der Waals surface area (Å²) in [5, 5.41) is 0.837. The minimum absolute atomic E-state index is 0.215. The summed E-state index contributed by atoms with van der Waals surface area (Å²) in [4.78, 5) is 0. The van der Waals surface area contributed by atoms with Gasteiger partial charge >= 0.3 is 0 Å². The van der Waals surface area contributed by atoms with Gasteiger partial charge in [-0.25, -0.2) is 0 Å². The Labute approximate surface area is 163 Å². The van der Waals surface area contributed by atoms with Gasteiger partial charge in [-0.2, -0.15) is 0 Å². The Hall–Kier alpha value is 0.170. The lowest BCUT2D eigenvalue weighted by molar-refractivity contribution is -0.115. The third-order valence-corrected chi connectivity index (χ3v) is 13.3. The molecule has 0 amide bonds. The van der Waals surface area contributed by atoms with Gasteiger partial charge in [0.15, 0.2) is 0 Å². The predicted molar refractivity (Wildman–Crippen MR) is 115 cm³/mol. The molecule has 0 radical (unpaired) electrons. The number of allylic oxidation sites excluding steroid dienone is 2. The second-order valence-corrected chi connectivity index (χ2v) is 14.2. The molecule has 0 saturated heterocycles. The van der Waals surface area contributed by atoms with Gasteiger partial charge in [0.2, 0.25) is 0 Å². The number of fused-ring (bicyclic) bond motifs is 2. The summed E-state index contributed by atoms with van der Waals surface area (Å²) < 4.78 is 0. The van der Waals surface area contributed by atoms with Gasteiger partial charge in [-0.3, -0.25) is 0 Å². The summed E-state index contributed by atoms with van der Waals surface area (Å²) >= 11 is 0. The zero-order chi connectivity index (χ0) is 18.1. The first-order chi connectivity index (χ1) is 12.5. The minimum atomic E-state index is 0.215. The summed E-state index contributed by atoms with van der Waals surface area (Å²) in [6.45, 7) is 10.1. The molecular formula is C25H41P. The molecule has 146 valence electrons. The third-order valence-electron chi connectivity index (χ3n) is 9.23. The molecule has 5 rings (SSSR count). The topological polar surface area (TPSA) is 0 Å². The van der Waals surface area contributed by atoms with Gasteiger partial charge in [-0.05, 0) is 104 Å². The molecule has 0 N–H and O–H groups in total. The lowest BCUT2D eigenvalue weighted by Crippen LogP contribution is -2.67. The van der Waals surface area contributed by atoms with Crippen molar-refractivity contribution in [1.82, 2.24) is 0 Å². The molecule has 10 unspecified atom stereocenters. The van der Waals surface area contributed by atoms with E-state index >= 15 is 0 Å². The van der Waals surface area contributed by atoms with Crippen molar-refractivity contribution in [3.63, 3.8) is 0 Å². The summed E-state index contributed by atoms with van der Waals surface area (Å²) in [6, 6.07) is 0. The molecule has 1 heteroatoms. The van der Waals surface area contributed by atoms with Crippen LogP contribution in [0.4, 0.5) is 0 Å². The summed E-state index contributed by atoms with van der Waals surface area (Å²) in [5.41, 5.74) is 3.00. The molecule has 10 atom stereocenters. The van der Waals surface area contributed by atoms with E-state index in [1.807, 2.05) is 5.57 Å². The standard InChI is InChI=1S/C25H41P/c1-5-6-7-26(24-20-9-16(2)8-17(3)10-21(24)13-20)25-14-18(4)11-19-12-22(15-25)23(19)25/h9,16-19,21-24H,5-8,10-15H2,1-4H3. The van der Waals surface area contributed by atoms with Crippen molar-refractivity contribution >= 4 is 7.92 Å². The molecule has 2 bridgehead atoms. The first-order valence-corrected chi connectivity index (χ1v) is 13.6. The van der Waals surface area contributed by atoms with E-state index < -0.39 is 0 Å². The fourth-order valence-corrected chi connectivity index (χ4v) is 13.7. The van der Waals surface area contributed by atoms with Gasteiger partial charge in [0.1, 0.15) is 0 Å². The van der Waals surface area contributed by atoms with Gasteiger partial charge in [0, 0.05) is 5.66 Å². The maximum Gasteiger partial charge on any atom is 0.00373 e. The van der Waals surface area contributed by atoms with E-state index in [1.165, 1.54) is 31.6 Å². The summed E-state index contributed by atoms with van der Waals surface area (Å²) in [5.74, 6) is 7.35. The third kappa shape index (κ3) is 2.64. The minimum Gasteiger partial charge on any atom is -0.0924 e. The molecule has 5 aliphatic rings. The highest BCUT2D eigenvalue weighted by molar-refractivity contribution is 7.60. The van der Waals surface area contributed by atoms with Crippen molar-refractivity contribution in [2.45, 2.75) is 96.3 Å². The molecule has 26 heavy (non-hydrogen) atoms. The van der Waals surface area contributed by atoms with Crippen LogP contribution >= 0.6 is 7.92 Å². The van der Waals surface area contributed by atoms with Gasteiger partial charge in [-0.1, -0.05) is 53.7 Å². The van der Waals surface area contributed by atoms with Crippen molar-refractivity contribution in [1.29, 1.82) is 0 Å². The largest absolute Gasteiger partial charge is 0.0924 e. The van der Waals surface area contributed by atoms with Crippen LogP contribution in [0.2, 0.25) is 0 Å². The van der Waals surface area contributed by atoms with Gasteiger partial charge < -0.3 is 0 Å². The molecule has 0 spiro atoms. The lowest BCUT2D eigenvalue weighted by atomic mass is 9.42. The molecule has 0 heterocycles. The van der Waals surface area contributed by atoms with E-state index in [-0.39, 0.29) is 7.92 Å². The zero-order valence-corrected chi connectivity index (χ0v) is 18.6. The smallest absolute Gasteiger partial charge is 0.00373 e.